The Morgan fingerprint density at radius 1 is 1.47 bits per heavy atom. The van der Waals surface area contributed by atoms with E-state index < -0.39 is 0 Å². The number of nitrogens with two attached hydrogens (primary N) is 1. The summed E-state index contributed by atoms with van der Waals surface area (Å²) in [7, 11) is 1.59. The molecule has 0 saturated heterocycles. The highest BCUT2D eigenvalue weighted by Gasteiger charge is 2.08. The molecule has 0 spiro atoms. The van der Waals surface area contributed by atoms with Gasteiger partial charge in [-0.3, -0.25) is 0 Å². The Balaban J connectivity index is 2.73. The quantitative estimate of drug-likeness (QED) is 0.843. The molecule has 0 radical (unpaired) electrons. The van der Waals surface area contributed by atoms with Crippen LogP contribution in [0.15, 0.2) is 18.2 Å². The molecule has 15 heavy (non-hydrogen) atoms. The second-order valence-electron chi connectivity index (χ2n) is 3.20. The summed E-state index contributed by atoms with van der Waals surface area (Å²) in [5.74, 6) is 0.673. The molecule has 0 aliphatic rings. The molecule has 0 fully saturated rings. The van der Waals surface area contributed by atoms with E-state index in [1.165, 1.54) is 0 Å². The van der Waals surface area contributed by atoms with E-state index >= 15 is 0 Å². The first kappa shape index (κ1) is 12.3. The van der Waals surface area contributed by atoms with Gasteiger partial charge in [-0.05, 0) is 24.6 Å². The van der Waals surface area contributed by atoms with Crippen molar-refractivity contribution in [1.82, 2.24) is 0 Å². The highest BCUT2D eigenvalue weighted by molar-refractivity contribution is 6.32. The van der Waals surface area contributed by atoms with Gasteiger partial charge in [0.25, 0.3) is 0 Å². The summed E-state index contributed by atoms with van der Waals surface area (Å²) in [6.45, 7) is 3.03. The van der Waals surface area contributed by atoms with Crippen molar-refractivity contribution in [3.8, 4) is 5.75 Å². The predicted octanol–water partition coefficient (Wildman–Crippen LogP) is 2.38. The normalized spacial score (nSPS) is 12.5. The van der Waals surface area contributed by atoms with E-state index in [1.54, 1.807) is 7.11 Å². The summed E-state index contributed by atoms with van der Waals surface area (Å²) < 4.78 is 10.5. The zero-order valence-electron chi connectivity index (χ0n) is 9.00. The molecule has 0 amide bonds. The largest absolute Gasteiger partial charge is 0.495 e. The van der Waals surface area contributed by atoms with E-state index in [1.807, 2.05) is 25.1 Å². The van der Waals surface area contributed by atoms with Crippen LogP contribution < -0.4 is 10.5 Å². The lowest BCUT2D eigenvalue weighted by Gasteiger charge is -2.14. The minimum Gasteiger partial charge on any atom is -0.495 e. The molecule has 1 aromatic carbocycles. The van der Waals surface area contributed by atoms with Crippen molar-refractivity contribution >= 4 is 11.6 Å². The number of hydrogen-bond acceptors (Lipinski definition) is 3. The van der Waals surface area contributed by atoms with Crippen molar-refractivity contribution in [2.45, 2.75) is 13.0 Å². The van der Waals surface area contributed by atoms with Crippen molar-refractivity contribution in [2.24, 2.45) is 5.73 Å². The lowest BCUT2D eigenvalue weighted by atomic mass is 10.1. The molecule has 0 aromatic heterocycles. The minimum atomic E-state index is -0.00282. The maximum atomic E-state index is 6.00. The summed E-state index contributed by atoms with van der Waals surface area (Å²) in [5.41, 5.74) is 6.38. The topological polar surface area (TPSA) is 44.5 Å². The predicted molar refractivity (Wildman–Crippen MR) is 61.4 cm³/mol. The van der Waals surface area contributed by atoms with Crippen LogP contribution in [0.4, 0.5) is 0 Å². The molecule has 0 saturated carbocycles. The number of halogens is 1. The van der Waals surface area contributed by atoms with Gasteiger partial charge in [-0.25, -0.2) is 0 Å². The van der Waals surface area contributed by atoms with E-state index in [9.17, 15) is 0 Å². The summed E-state index contributed by atoms with van der Waals surface area (Å²) in [4.78, 5) is 0. The monoisotopic (exact) mass is 229 g/mol. The molecular weight excluding hydrogens is 214 g/mol. The van der Waals surface area contributed by atoms with Gasteiger partial charge in [0, 0.05) is 6.54 Å². The van der Waals surface area contributed by atoms with E-state index in [0.717, 1.165) is 5.56 Å². The number of methoxy groups -OCH3 is 1. The molecule has 1 unspecified atom stereocenters. The third-order valence-electron chi connectivity index (χ3n) is 2.13. The van der Waals surface area contributed by atoms with Crippen LogP contribution >= 0.6 is 11.6 Å². The van der Waals surface area contributed by atoms with E-state index in [4.69, 9.17) is 26.8 Å². The molecule has 0 bridgehead atoms. The van der Waals surface area contributed by atoms with Crippen LogP contribution in [-0.2, 0) is 4.74 Å². The first-order valence-corrected chi connectivity index (χ1v) is 5.22. The molecule has 1 rings (SSSR count). The van der Waals surface area contributed by atoms with E-state index in [2.05, 4.69) is 0 Å². The van der Waals surface area contributed by atoms with Crippen LogP contribution in [0.2, 0.25) is 5.02 Å². The van der Waals surface area contributed by atoms with Crippen LogP contribution in [0.1, 0.15) is 18.6 Å². The molecular formula is C11H16ClNO2. The Bertz CT molecular complexity index is 317. The van der Waals surface area contributed by atoms with Gasteiger partial charge >= 0.3 is 0 Å². The Labute approximate surface area is 95.1 Å². The van der Waals surface area contributed by atoms with Gasteiger partial charge in [0.15, 0.2) is 0 Å². The van der Waals surface area contributed by atoms with Crippen molar-refractivity contribution in [1.29, 1.82) is 0 Å². The van der Waals surface area contributed by atoms with Crippen LogP contribution in [0.5, 0.6) is 5.75 Å². The van der Waals surface area contributed by atoms with Gasteiger partial charge in [0.2, 0.25) is 0 Å². The van der Waals surface area contributed by atoms with Crippen molar-refractivity contribution < 1.29 is 9.47 Å². The first-order chi connectivity index (χ1) is 7.19. The summed E-state index contributed by atoms with van der Waals surface area (Å²) in [6, 6.07) is 5.62. The molecule has 1 atom stereocenters. The fourth-order valence-electron chi connectivity index (χ4n) is 1.28. The van der Waals surface area contributed by atoms with Crippen molar-refractivity contribution in [2.75, 3.05) is 20.3 Å². The molecule has 0 aliphatic heterocycles. The smallest absolute Gasteiger partial charge is 0.137 e. The number of ether oxygens (including phenoxy) is 2. The van der Waals surface area contributed by atoms with Crippen LogP contribution in [0.3, 0.4) is 0 Å². The van der Waals surface area contributed by atoms with Gasteiger partial charge in [0.1, 0.15) is 5.75 Å². The molecule has 84 valence electrons. The maximum Gasteiger partial charge on any atom is 0.137 e. The summed E-state index contributed by atoms with van der Waals surface area (Å²) >= 11 is 6.00. The highest BCUT2D eigenvalue weighted by atomic mass is 35.5. The van der Waals surface area contributed by atoms with E-state index in [0.29, 0.717) is 23.9 Å². The minimum absolute atomic E-state index is 0.00282. The van der Waals surface area contributed by atoms with Gasteiger partial charge in [-0.2, -0.15) is 0 Å². The molecule has 0 heterocycles. The number of benzene rings is 1. The fraction of sp³-hybridized carbons (Fsp3) is 0.455. The standard InChI is InChI=1S/C11H16ClNO2/c1-8(15-6-5-13)9-3-4-11(14-2)10(12)7-9/h3-4,7-8H,5-6,13H2,1-2H3. The van der Waals surface area contributed by atoms with Crippen LogP contribution in [0.25, 0.3) is 0 Å². The Hall–Kier alpha value is -0.770. The first-order valence-electron chi connectivity index (χ1n) is 4.84. The van der Waals surface area contributed by atoms with Gasteiger partial charge in [-0.15, -0.1) is 0 Å². The Morgan fingerprint density at radius 2 is 2.20 bits per heavy atom. The lowest BCUT2D eigenvalue weighted by Crippen LogP contribution is -2.10. The average Bonchev–Trinajstić information content (AvgIpc) is 2.25. The molecule has 4 heteroatoms. The summed E-state index contributed by atoms with van der Waals surface area (Å²) in [5, 5.41) is 0.596. The molecule has 2 N–H and O–H groups in total. The SMILES string of the molecule is COc1ccc(C(C)OCCN)cc1Cl. The third kappa shape index (κ3) is 3.38. The molecule has 0 aliphatic carbocycles. The van der Waals surface area contributed by atoms with Gasteiger partial charge in [0.05, 0.1) is 24.8 Å². The molecule has 3 nitrogen and oxygen atoms in total. The fourth-order valence-corrected chi connectivity index (χ4v) is 1.54. The second kappa shape index (κ2) is 5.95. The number of rotatable bonds is 5. The van der Waals surface area contributed by atoms with E-state index in [-0.39, 0.29) is 6.10 Å². The summed E-state index contributed by atoms with van der Waals surface area (Å²) in [6.07, 6.45) is -0.00282. The molecule has 1 aromatic rings. The zero-order chi connectivity index (χ0) is 11.3. The number of hydrogen-bond donors (Lipinski definition) is 1. The van der Waals surface area contributed by atoms with Gasteiger partial charge in [-0.1, -0.05) is 17.7 Å². The maximum absolute atomic E-state index is 6.00. The Morgan fingerprint density at radius 3 is 2.73 bits per heavy atom. The van der Waals surface area contributed by atoms with Crippen molar-refractivity contribution in [3.63, 3.8) is 0 Å². The second-order valence-corrected chi connectivity index (χ2v) is 3.60. The average molecular weight is 230 g/mol. The van der Waals surface area contributed by atoms with Crippen molar-refractivity contribution in [3.05, 3.63) is 28.8 Å². The highest BCUT2D eigenvalue weighted by Crippen LogP contribution is 2.28. The van der Waals surface area contributed by atoms with Crippen LogP contribution in [-0.4, -0.2) is 20.3 Å². The third-order valence-corrected chi connectivity index (χ3v) is 2.43. The Kier molecular flexibility index (Phi) is 4.88. The van der Waals surface area contributed by atoms with Gasteiger partial charge < -0.3 is 15.2 Å². The lowest BCUT2D eigenvalue weighted by molar-refractivity contribution is 0.0718. The van der Waals surface area contributed by atoms with Crippen LogP contribution in [0, 0.1) is 0 Å². The zero-order valence-corrected chi connectivity index (χ0v) is 9.75.